The van der Waals surface area contributed by atoms with E-state index in [1.54, 1.807) is 12.1 Å². The highest BCUT2D eigenvalue weighted by Crippen LogP contribution is 2.37. The van der Waals surface area contributed by atoms with Crippen molar-refractivity contribution in [1.29, 1.82) is 5.26 Å². The van der Waals surface area contributed by atoms with E-state index in [4.69, 9.17) is 27.9 Å². The Labute approximate surface area is 140 Å². The lowest BCUT2D eigenvalue weighted by Gasteiger charge is -2.11. The van der Waals surface area contributed by atoms with Crippen molar-refractivity contribution in [3.8, 4) is 17.7 Å². The molecule has 3 rings (SSSR count). The zero-order valence-corrected chi connectivity index (χ0v) is 13.9. The number of rotatable bonds is 2. The molecule has 0 bridgehead atoms. The Morgan fingerprint density at radius 1 is 1.19 bits per heavy atom. The number of benzene rings is 1. The third kappa shape index (κ3) is 2.87. The summed E-state index contributed by atoms with van der Waals surface area (Å²) in [5, 5.41) is 10.1. The van der Waals surface area contributed by atoms with Gasteiger partial charge in [-0.1, -0.05) is 23.2 Å². The van der Waals surface area contributed by atoms with E-state index in [2.05, 4.69) is 27.0 Å². The van der Waals surface area contributed by atoms with Crippen molar-refractivity contribution in [2.45, 2.75) is 19.3 Å². The number of fused-ring (bicyclic) bond motifs is 1. The van der Waals surface area contributed by atoms with E-state index in [0.29, 0.717) is 25.8 Å². The van der Waals surface area contributed by atoms with E-state index >= 15 is 0 Å². The van der Waals surface area contributed by atoms with E-state index < -0.39 is 0 Å². The number of pyridine rings is 1. The fraction of sp³-hybridized carbons (Fsp3) is 0.200. The molecule has 0 radical (unpaired) electrons. The normalized spacial score (nSPS) is 12.9. The molecule has 0 amide bonds. The Morgan fingerprint density at radius 2 is 2.00 bits per heavy atom. The number of hydrogen-bond acceptors (Lipinski definition) is 3. The first kappa shape index (κ1) is 14.6. The van der Waals surface area contributed by atoms with Crippen LogP contribution in [0.4, 0.5) is 0 Å². The maximum absolute atomic E-state index is 9.26. The fourth-order valence-electron chi connectivity index (χ4n) is 2.30. The van der Waals surface area contributed by atoms with Gasteiger partial charge in [-0.25, -0.2) is 4.98 Å². The molecule has 0 fully saturated rings. The van der Waals surface area contributed by atoms with Gasteiger partial charge in [0.2, 0.25) is 5.88 Å². The lowest BCUT2D eigenvalue weighted by molar-refractivity contribution is 0.459. The van der Waals surface area contributed by atoms with Crippen LogP contribution in [0.15, 0.2) is 22.7 Å². The molecule has 0 N–H and O–H groups in total. The summed E-state index contributed by atoms with van der Waals surface area (Å²) in [6, 6.07) is 7.22. The molecule has 6 heteroatoms. The van der Waals surface area contributed by atoms with Gasteiger partial charge in [0.05, 0.1) is 10.0 Å². The van der Waals surface area contributed by atoms with Crippen LogP contribution in [0.5, 0.6) is 11.6 Å². The SMILES string of the molecule is N#Cc1cc2c(nc1Oc1cc(Cl)c(Br)cc1Cl)CCC2. The molecule has 1 heterocycles. The van der Waals surface area contributed by atoms with Crippen LogP contribution in [0.1, 0.15) is 23.2 Å². The summed E-state index contributed by atoms with van der Waals surface area (Å²) >= 11 is 15.5. The Hall–Kier alpha value is -1.28. The lowest BCUT2D eigenvalue weighted by atomic mass is 10.1. The van der Waals surface area contributed by atoms with E-state index in [1.807, 2.05) is 6.07 Å². The monoisotopic (exact) mass is 382 g/mol. The average molecular weight is 384 g/mol. The molecular weight excluding hydrogens is 375 g/mol. The smallest absolute Gasteiger partial charge is 0.237 e. The molecular formula is C15H9BrCl2N2O. The van der Waals surface area contributed by atoms with Crippen LogP contribution in [0, 0.1) is 11.3 Å². The molecule has 0 spiro atoms. The Balaban J connectivity index is 2.02. The largest absolute Gasteiger partial charge is 0.436 e. The first-order chi connectivity index (χ1) is 10.1. The minimum Gasteiger partial charge on any atom is -0.436 e. The predicted octanol–water partition coefficient (Wildman–Crippen LogP) is 5.30. The highest BCUT2D eigenvalue weighted by molar-refractivity contribution is 9.10. The van der Waals surface area contributed by atoms with E-state index in [1.165, 1.54) is 0 Å². The summed E-state index contributed by atoms with van der Waals surface area (Å²) in [5.74, 6) is 0.658. The van der Waals surface area contributed by atoms with Crippen LogP contribution >= 0.6 is 39.1 Å². The summed E-state index contributed by atoms with van der Waals surface area (Å²) in [6.45, 7) is 0. The standard InChI is InChI=1S/C15H9BrCl2N2O/c16-10-5-12(18)14(6-11(10)17)21-15-9(7-19)4-8-2-1-3-13(8)20-15/h4-6H,1-3H2. The molecule has 1 aromatic carbocycles. The van der Waals surface area contributed by atoms with Crippen molar-refractivity contribution >= 4 is 39.1 Å². The Bertz CT molecular complexity index is 771. The van der Waals surface area contributed by atoms with E-state index in [0.717, 1.165) is 30.5 Å². The third-order valence-electron chi connectivity index (χ3n) is 3.32. The van der Waals surface area contributed by atoms with Crippen molar-refractivity contribution in [1.82, 2.24) is 4.98 Å². The second-order valence-corrected chi connectivity index (χ2v) is 6.38. The van der Waals surface area contributed by atoms with Gasteiger partial charge in [-0.2, -0.15) is 5.26 Å². The van der Waals surface area contributed by atoms with E-state index in [-0.39, 0.29) is 5.88 Å². The number of nitriles is 1. The number of aryl methyl sites for hydroxylation is 2. The van der Waals surface area contributed by atoms with Crippen molar-refractivity contribution in [2.75, 3.05) is 0 Å². The van der Waals surface area contributed by atoms with Gasteiger partial charge in [0, 0.05) is 16.2 Å². The molecule has 1 aliphatic rings. The molecule has 1 aromatic heterocycles. The zero-order valence-electron chi connectivity index (χ0n) is 10.8. The van der Waals surface area contributed by atoms with Gasteiger partial charge in [-0.3, -0.25) is 0 Å². The van der Waals surface area contributed by atoms with Gasteiger partial charge in [0.25, 0.3) is 0 Å². The van der Waals surface area contributed by atoms with Crippen molar-refractivity contribution in [3.05, 3.63) is 49.5 Å². The minimum atomic E-state index is 0.276. The maximum atomic E-state index is 9.26. The zero-order chi connectivity index (χ0) is 15.0. The van der Waals surface area contributed by atoms with Crippen molar-refractivity contribution in [2.24, 2.45) is 0 Å². The fourth-order valence-corrected chi connectivity index (χ4v) is 3.13. The average Bonchev–Trinajstić information content (AvgIpc) is 2.91. The van der Waals surface area contributed by atoms with Crippen LogP contribution in [0.3, 0.4) is 0 Å². The van der Waals surface area contributed by atoms with Gasteiger partial charge in [0.1, 0.15) is 17.4 Å². The Kier molecular flexibility index (Phi) is 4.08. The van der Waals surface area contributed by atoms with Gasteiger partial charge >= 0.3 is 0 Å². The molecule has 1 aliphatic carbocycles. The number of hydrogen-bond donors (Lipinski definition) is 0. The molecule has 0 saturated carbocycles. The number of ether oxygens (including phenoxy) is 1. The molecule has 0 unspecified atom stereocenters. The first-order valence-corrected chi connectivity index (χ1v) is 7.88. The molecule has 106 valence electrons. The summed E-state index contributed by atoms with van der Waals surface area (Å²) in [7, 11) is 0. The lowest BCUT2D eigenvalue weighted by Crippen LogP contribution is -1.97. The third-order valence-corrected chi connectivity index (χ3v) is 4.81. The van der Waals surface area contributed by atoms with Crippen LogP contribution in [0.25, 0.3) is 0 Å². The van der Waals surface area contributed by atoms with Gasteiger partial charge in [-0.15, -0.1) is 0 Å². The second kappa shape index (κ2) is 5.84. The molecule has 2 aromatic rings. The predicted molar refractivity (Wildman–Crippen MR) is 85.2 cm³/mol. The number of halogens is 3. The van der Waals surface area contributed by atoms with Gasteiger partial charge in [-0.05, 0) is 52.9 Å². The Morgan fingerprint density at radius 3 is 2.76 bits per heavy atom. The van der Waals surface area contributed by atoms with Crippen molar-refractivity contribution < 1.29 is 4.74 Å². The summed E-state index contributed by atoms with van der Waals surface area (Å²) < 4.78 is 6.41. The maximum Gasteiger partial charge on any atom is 0.237 e. The highest BCUT2D eigenvalue weighted by Gasteiger charge is 2.18. The van der Waals surface area contributed by atoms with Crippen molar-refractivity contribution in [3.63, 3.8) is 0 Å². The number of nitrogens with zero attached hydrogens (tertiary/aromatic N) is 2. The topological polar surface area (TPSA) is 45.9 Å². The van der Waals surface area contributed by atoms with Gasteiger partial charge < -0.3 is 4.74 Å². The minimum absolute atomic E-state index is 0.276. The highest BCUT2D eigenvalue weighted by atomic mass is 79.9. The van der Waals surface area contributed by atoms with Crippen LogP contribution in [-0.4, -0.2) is 4.98 Å². The molecule has 3 nitrogen and oxygen atoms in total. The number of aromatic nitrogens is 1. The quantitative estimate of drug-likeness (QED) is 0.660. The van der Waals surface area contributed by atoms with Gasteiger partial charge in [0.15, 0.2) is 0 Å². The first-order valence-electron chi connectivity index (χ1n) is 6.34. The van der Waals surface area contributed by atoms with E-state index in [9.17, 15) is 5.26 Å². The molecule has 0 atom stereocenters. The van der Waals surface area contributed by atoms with Crippen LogP contribution in [-0.2, 0) is 12.8 Å². The molecule has 0 aliphatic heterocycles. The summed E-state index contributed by atoms with van der Waals surface area (Å²) in [6.07, 6.45) is 2.93. The summed E-state index contributed by atoms with van der Waals surface area (Å²) in [5.41, 5.74) is 2.52. The molecule has 21 heavy (non-hydrogen) atoms. The summed E-state index contributed by atoms with van der Waals surface area (Å²) in [4.78, 5) is 4.45. The van der Waals surface area contributed by atoms with Crippen LogP contribution in [0.2, 0.25) is 10.0 Å². The molecule has 0 saturated heterocycles. The second-order valence-electron chi connectivity index (χ2n) is 4.71. The van der Waals surface area contributed by atoms with Crippen LogP contribution < -0.4 is 4.74 Å².